The largest absolute Gasteiger partial charge is 0.355 e. The number of hydrogen-bond acceptors (Lipinski definition) is 6. The van der Waals surface area contributed by atoms with Crippen molar-refractivity contribution in [3.05, 3.63) is 116 Å². The number of benzene rings is 3. The second-order valence-electron chi connectivity index (χ2n) is 7.94. The van der Waals surface area contributed by atoms with Crippen molar-refractivity contribution < 1.29 is 4.92 Å². The number of nitro groups is 1. The van der Waals surface area contributed by atoms with Gasteiger partial charge in [0.1, 0.15) is 11.6 Å². The average Bonchev–Trinajstić information content (AvgIpc) is 2.88. The Balaban J connectivity index is 1.48. The van der Waals surface area contributed by atoms with Gasteiger partial charge in [-0.05, 0) is 65.7 Å². The molecule has 0 amide bonds. The minimum atomic E-state index is -0.535. The number of nitriles is 1. The monoisotopic (exact) mass is 493 g/mol. The first-order chi connectivity index (χ1) is 17.4. The molecule has 8 nitrogen and oxygen atoms in total. The number of hydrogen-bond donors (Lipinski definition) is 2. The van der Waals surface area contributed by atoms with Crippen molar-refractivity contribution in [3.63, 3.8) is 0 Å². The number of rotatable bonds is 5. The zero-order chi connectivity index (χ0) is 25.2. The summed E-state index contributed by atoms with van der Waals surface area (Å²) in [5, 5.41) is 25.4. The fourth-order valence-electron chi connectivity index (χ4n) is 3.94. The van der Waals surface area contributed by atoms with Crippen molar-refractivity contribution in [2.24, 2.45) is 0 Å². The molecule has 0 saturated carbocycles. The molecule has 0 spiro atoms. The maximum Gasteiger partial charge on any atom is 0.269 e. The fraction of sp³-hybridized carbons (Fsp3) is 0. The molecule has 9 heteroatoms. The number of aromatic amines is 1. The average molecular weight is 494 g/mol. The van der Waals surface area contributed by atoms with Crippen LogP contribution in [0.25, 0.3) is 33.3 Å². The third-order valence-corrected chi connectivity index (χ3v) is 5.95. The lowest BCUT2D eigenvalue weighted by atomic mass is 9.99. The van der Waals surface area contributed by atoms with Crippen LogP contribution in [0.2, 0.25) is 5.02 Å². The summed E-state index contributed by atoms with van der Waals surface area (Å²) in [6.45, 7) is 0. The number of nitro benzene ring substituents is 1. The first-order valence-corrected chi connectivity index (χ1v) is 11.1. The minimum Gasteiger partial charge on any atom is -0.355 e. The molecule has 174 valence electrons. The standard InChI is InChI=1S/C27H16ClN5O3/c28-18-5-10-21-24(11-12-30-26(21)13-18)31-19-6-1-17(2-7-19)25-14-22(23(15-29)27(34)32-25)16-3-8-20(9-4-16)33(35)36/h1-14H,(H,30,31)(H,32,34). The molecule has 0 saturated heterocycles. The van der Waals surface area contributed by atoms with Crippen molar-refractivity contribution in [1.82, 2.24) is 9.97 Å². The van der Waals surface area contributed by atoms with Gasteiger partial charge in [0, 0.05) is 51.4 Å². The summed E-state index contributed by atoms with van der Waals surface area (Å²) < 4.78 is 0. The van der Waals surface area contributed by atoms with Gasteiger partial charge in [0.05, 0.1) is 10.4 Å². The van der Waals surface area contributed by atoms with Crippen molar-refractivity contribution in [2.75, 3.05) is 5.32 Å². The lowest BCUT2D eigenvalue weighted by Crippen LogP contribution is -2.12. The number of nitrogens with zero attached hydrogens (tertiary/aromatic N) is 3. The van der Waals surface area contributed by atoms with Gasteiger partial charge in [0.2, 0.25) is 0 Å². The third-order valence-electron chi connectivity index (χ3n) is 5.71. The number of aromatic nitrogens is 2. The summed E-state index contributed by atoms with van der Waals surface area (Å²) in [5.74, 6) is 0. The highest BCUT2D eigenvalue weighted by atomic mass is 35.5. The molecule has 0 aliphatic carbocycles. The van der Waals surface area contributed by atoms with Gasteiger partial charge in [-0.2, -0.15) is 5.26 Å². The molecule has 36 heavy (non-hydrogen) atoms. The Hall–Kier alpha value is -5.00. The summed E-state index contributed by atoms with van der Waals surface area (Å²) in [6, 6.07) is 24.2. The Labute approximate surface area is 209 Å². The lowest BCUT2D eigenvalue weighted by molar-refractivity contribution is -0.384. The van der Waals surface area contributed by atoms with Crippen LogP contribution in [0.3, 0.4) is 0 Å². The van der Waals surface area contributed by atoms with Crippen molar-refractivity contribution >= 4 is 39.6 Å². The molecule has 0 atom stereocenters. The van der Waals surface area contributed by atoms with Gasteiger partial charge >= 0.3 is 0 Å². The molecule has 2 N–H and O–H groups in total. The Morgan fingerprint density at radius 3 is 2.39 bits per heavy atom. The number of anilines is 2. The van der Waals surface area contributed by atoms with Gasteiger partial charge in [-0.15, -0.1) is 0 Å². The zero-order valence-corrected chi connectivity index (χ0v) is 19.3. The molecular formula is C27H16ClN5O3. The smallest absolute Gasteiger partial charge is 0.269 e. The molecule has 2 heterocycles. The number of non-ortho nitro benzene ring substituents is 1. The normalized spacial score (nSPS) is 10.7. The van der Waals surface area contributed by atoms with Crippen LogP contribution in [0.5, 0.6) is 0 Å². The molecule has 0 aliphatic heterocycles. The maximum atomic E-state index is 12.7. The topological polar surface area (TPSA) is 125 Å². The minimum absolute atomic E-state index is 0.0597. The molecule has 3 aromatic carbocycles. The van der Waals surface area contributed by atoms with Crippen molar-refractivity contribution in [2.45, 2.75) is 0 Å². The van der Waals surface area contributed by atoms with Gasteiger partial charge in [0.25, 0.3) is 11.2 Å². The van der Waals surface area contributed by atoms with Crippen LogP contribution in [-0.4, -0.2) is 14.9 Å². The predicted molar refractivity (Wildman–Crippen MR) is 139 cm³/mol. The SMILES string of the molecule is N#Cc1c(-c2ccc([N+](=O)[O-])cc2)cc(-c2ccc(Nc3ccnc4cc(Cl)ccc34)cc2)[nH]c1=O. The van der Waals surface area contributed by atoms with Gasteiger partial charge in [-0.3, -0.25) is 19.9 Å². The Kier molecular flexibility index (Phi) is 5.90. The first kappa shape index (κ1) is 22.8. The van der Waals surface area contributed by atoms with Crippen molar-refractivity contribution in [3.8, 4) is 28.5 Å². The molecule has 2 aromatic heterocycles. The molecule has 0 fully saturated rings. The third kappa shape index (κ3) is 4.39. The molecule has 0 aliphatic rings. The first-order valence-electron chi connectivity index (χ1n) is 10.8. The zero-order valence-electron chi connectivity index (χ0n) is 18.5. The summed E-state index contributed by atoms with van der Waals surface area (Å²) in [7, 11) is 0. The number of nitrogens with one attached hydrogen (secondary N) is 2. The quantitative estimate of drug-likeness (QED) is 0.214. The number of H-pyrrole nitrogens is 1. The van der Waals surface area contributed by atoms with E-state index < -0.39 is 10.5 Å². The van der Waals surface area contributed by atoms with Gasteiger partial charge in [0.15, 0.2) is 0 Å². The van der Waals surface area contributed by atoms with Crippen LogP contribution in [0.15, 0.2) is 89.9 Å². The Morgan fingerprint density at radius 2 is 1.69 bits per heavy atom. The molecule has 0 bridgehead atoms. The van der Waals surface area contributed by atoms with Gasteiger partial charge in [-0.1, -0.05) is 23.7 Å². The van der Waals surface area contributed by atoms with E-state index in [4.69, 9.17) is 11.6 Å². The number of fused-ring (bicyclic) bond motifs is 1. The highest BCUT2D eigenvalue weighted by Crippen LogP contribution is 2.30. The van der Waals surface area contributed by atoms with Crippen LogP contribution in [0.4, 0.5) is 17.1 Å². The van der Waals surface area contributed by atoms with E-state index in [2.05, 4.69) is 15.3 Å². The van der Waals surface area contributed by atoms with Crippen LogP contribution >= 0.6 is 11.6 Å². The Morgan fingerprint density at radius 1 is 0.972 bits per heavy atom. The summed E-state index contributed by atoms with van der Waals surface area (Å²) >= 11 is 6.08. The van der Waals surface area contributed by atoms with E-state index in [1.54, 1.807) is 18.3 Å². The molecular weight excluding hydrogens is 478 g/mol. The van der Waals surface area contributed by atoms with Crippen LogP contribution in [-0.2, 0) is 0 Å². The highest BCUT2D eigenvalue weighted by Gasteiger charge is 2.14. The van der Waals surface area contributed by atoms with Gasteiger partial charge < -0.3 is 10.3 Å². The number of pyridine rings is 2. The summed E-state index contributed by atoms with van der Waals surface area (Å²) in [5.41, 5.74) is 3.99. The second kappa shape index (κ2) is 9.33. The summed E-state index contributed by atoms with van der Waals surface area (Å²) in [4.78, 5) is 30.2. The van der Waals surface area contributed by atoms with E-state index >= 15 is 0 Å². The van der Waals surface area contributed by atoms with E-state index in [0.717, 1.165) is 27.8 Å². The van der Waals surface area contributed by atoms with Crippen LogP contribution in [0.1, 0.15) is 5.56 Å². The van der Waals surface area contributed by atoms with Crippen LogP contribution in [0, 0.1) is 21.4 Å². The van der Waals surface area contributed by atoms with E-state index in [-0.39, 0.29) is 11.3 Å². The van der Waals surface area contributed by atoms with Gasteiger partial charge in [-0.25, -0.2) is 0 Å². The number of halogens is 1. The second-order valence-corrected chi connectivity index (χ2v) is 8.38. The highest BCUT2D eigenvalue weighted by molar-refractivity contribution is 6.31. The van der Waals surface area contributed by atoms with E-state index in [9.17, 15) is 20.2 Å². The summed E-state index contributed by atoms with van der Waals surface area (Å²) in [6.07, 6.45) is 1.70. The predicted octanol–water partition coefficient (Wildman–Crippen LogP) is 6.43. The van der Waals surface area contributed by atoms with E-state index in [1.165, 1.54) is 24.3 Å². The van der Waals surface area contributed by atoms with Crippen molar-refractivity contribution in [1.29, 1.82) is 5.26 Å². The van der Waals surface area contributed by atoms with E-state index in [0.29, 0.717) is 21.8 Å². The maximum absolute atomic E-state index is 12.7. The Bertz CT molecular complexity index is 1720. The molecule has 5 aromatic rings. The molecule has 0 unspecified atom stereocenters. The van der Waals surface area contributed by atoms with Crippen LogP contribution < -0.4 is 10.9 Å². The molecule has 0 radical (unpaired) electrons. The van der Waals surface area contributed by atoms with E-state index in [1.807, 2.05) is 48.5 Å². The fourth-order valence-corrected chi connectivity index (χ4v) is 4.10. The molecule has 5 rings (SSSR count). The lowest BCUT2D eigenvalue weighted by Gasteiger charge is -2.11.